The van der Waals surface area contributed by atoms with Crippen LogP contribution in [0.4, 0.5) is 0 Å². The van der Waals surface area contributed by atoms with Crippen LogP contribution >= 0.6 is 0 Å². The number of nitrogens with zero attached hydrogens (tertiary/aromatic N) is 4. The van der Waals surface area contributed by atoms with Crippen molar-refractivity contribution in [2.45, 2.75) is 0 Å². The summed E-state index contributed by atoms with van der Waals surface area (Å²) in [6.07, 6.45) is 0. The third-order valence-corrected chi connectivity index (χ3v) is 11.6. The van der Waals surface area contributed by atoms with Crippen LogP contribution in [0, 0.1) is 0 Å². The van der Waals surface area contributed by atoms with Crippen LogP contribution in [0.5, 0.6) is 0 Å². The largest absolute Gasteiger partial charge is 0.308 e. The Morgan fingerprint density at radius 2 is 0.789 bits per heavy atom. The molecule has 0 fully saturated rings. The fourth-order valence-electron chi connectivity index (χ4n) is 9.06. The van der Waals surface area contributed by atoms with Crippen LogP contribution in [0.3, 0.4) is 0 Å². The van der Waals surface area contributed by atoms with Gasteiger partial charge in [0, 0.05) is 27.5 Å². The Hall–Kier alpha value is -7.69. The monoisotopic (exact) mass is 724 g/mol. The summed E-state index contributed by atoms with van der Waals surface area (Å²) in [5.41, 5.74) is 13.3. The van der Waals surface area contributed by atoms with Crippen molar-refractivity contribution in [2.75, 3.05) is 0 Å². The normalized spacial score (nSPS) is 11.9. The van der Waals surface area contributed by atoms with Gasteiger partial charge in [-0.25, -0.2) is 15.0 Å². The fraction of sp³-hybridized carbons (Fsp3) is 0. The van der Waals surface area contributed by atoms with Crippen LogP contribution in [0.1, 0.15) is 0 Å². The quantitative estimate of drug-likeness (QED) is 0.177. The highest BCUT2D eigenvalue weighted by Crippen LogP contribution is 2.50. The number of fused-ring (bicyclic) bond motifs is 4. The van der Waals surface area contributed by atoms with Gasteiger partial charge in [-0.15, -0.1) is 0 Å². The van der Waals surface area contributed by atoms with Gasteiger partial charge in [0.15, 0.2) is 17.5 Å². The predicted molar refractivity (Wildman–Crippen MR) is 235 cm³/mol. The molecule has 0 aliphatic heterocycles. The van der Waals surface area contributed by atoms with E-state index in [2.05, 4.69) is 174 Å². The number of hydrogen-bond donors (Lipinski definition) is 0. The van der Waals surface area contributed by atoms with Crippen molar-refractivity contribution in [3.63, 3.8) is 0 Å². The van der Waals surface area contributed by atoms with Gasteiger partial charge in [-0.3, -0.25) is 0 Å². The molecule has 0 atom stereocenters. The van der Waals surface area contributed by atoms with Gasteiger partial charge in [0.05, 0.1) is 16.7 Å². The zero-order valence-electron chi connectivity index (χ0n) is 30.8. The second kappa shape index (κ2) is 12.4. The summed E-state index contributed by atoms with van der Waals surface area (Å²) in [7, 11) is 0. The van der Waals surface area contributed by atoms with Crippen LogP contribution in [-0.4, -0.2) is 19.5 Å². The summed E-state index contributed by atoms with van der Waals surface area (Å²) in [6.45, 7) is 0. The van der Waals surface area contributed by atoms with Gasteiger partial charge in [0.2, 0.25) is 0 Å². The Morgan fingerprint density at radius 1 is 0.281 bits per heavy atom. The Kier molecular flexibility index (Phi) is 6.89. The predicted octanol–water partition coefficient (Wildman–Crippen LogP) is 13.6. The maximum Gasteiger partial charge on any atom is 0.166 e. The molecule has 11 aromatic rings. The number of aromatic nitrogens is 4. The van der Waals surface area contributed by atoms with Gasteiger partial charge in [0.1, 0.15) is 0 Å². The number of benzene rings is 9. The van der Waals surface area contributed by atoms with E-state index >= 15 is 0 Å². The van der Waals surface area contributed by atoms with Crippen molar-refractivity contribution >= 4 is 43.4 Å². The molecule has 57 heavy (non-hydrogen) atoms. The van der Waals surface area contributed by atoms with Crippen molar-refractivity contribution in [1.29, 1.82) is 0 Å². The minimum atomic E-state index is 0.618. The Balaban J connectivity index is 1.20. The van der Waals surface area contributed by atoms with Crippen molar-refractivity contribution < 1.29 is 0 Å². The van der Waals surface area contributed by atoms with Crippen LogP contribution in [0.2, 0.25) is 0 Å². The highest BCUT2D eigenvalue weighted by atomic mass is 15.1. The maximum atomic E-state index is 5.41. The lowest BCUT2D eigenvalue weighted by Crippen LogP contribution is -2.04. The topological polar surface area (TPSA) is 43.6 Å². The Labute approximate surface area is 329 Å². The summed E-state index contributed by atoms with van der Waals surface area (Å²) in [5, 5.41) is 7.30. The molecule has 0 spiro atoms. The van der Waals surface area contributed by atoms with E-state index in [0.29, 0.717) is 17.5 Å². The van der Waals surface area contributed by atoms with E-state index < -0.39 is 0 Å². The minimum absolute atomic E-state index is 0.618. The van der Waals surface area contributed by atoms with Gasteiger partial charge >= 0.3 is 0 Å². The summed E-state index contributed by atoms with van der Waals surface area (Å²) in [6, 6.07) is 69.1. The smallest absolute Gasteiger partial charge is 0.166 e. The minimum Gasteiger partial charge on any atom is -0.308 e. The molecular formula is C53H32N4. The SMILES string of the molecule is c1ccc(-c2nc(-c3ccccc3-c3ccccc3)nc(-c3cc4ccccc4cc3-n3c4cccc5c4c4c6c(cccc6ccc43)-c3ccccc3-5)n2)cc1. The van der Waals surface area contributed by atoms with Gasteiger partial charge in [-0.2, -0.15) is 0 Å². The van der Waals surface area contributed by atoms with E-state index in [1.54, 1.807) is 0 Å². The molecule has 0 radical (unpaired) electrons. The zero-order chi connectivity index (χ0) is 37.5. The first-order valence-electron chi connectivity index (χ1n) is 19.4. The van der Waals surface area contributed by atoms with Gasteiger partial charge in [0.25, 0.3) is 0 Å². The van der Waals surface area contributed by atoms with Crippen LogP contribution in [-0.2, 0) is 0 Å². The summed E-state index contributed by atoms with van der Waals surface area (Å²) in [4.78, 5) is 15.9. The van der Waals surface area contributed by atoms with E-state index in [9.17, 15) is 0 Å². The molecule has 1 aliphatic rings. The van der Waals surface area contributed by atoms with Gasteiger partial charge < -0.3 is 4.57 Å². The van der Waals surface area contributed by atoms with Crippen molar-refractivity contribution in [2.24, 2.45) is 0 Å². The first-order valence-corrected chi connectivity index (χ1v) is 19.4. The molecule has 264 valence electrons. The molecule has 2 heterocycles. The standard InChI is InChI=1S/C53H32N4/c1-3-15-33(16-4-1)38-22-9-12-25-43(38)52-54-51(35-17-5-2-6-18-35)55-53(56-52)44-31-36-19-7-8-20-37(36)32-47(44)57-45-28-14-27-42-40-24-11-10-23-39(40)41-26-13-21-34-29-30-46(57)50(48(34)41)49(42)45/h1-32H. The van der Waals surface area contributed by atoms with E-state index in [0.717, 1.165) is 55.3 Å². The third kappa shape index (κ3) is 4.84. The molecule has 0 saturated heterocycles. The molecule has 0 saturated carbocycles. The molecule has 9 aromatic carbocycles. The summed E-state index contributed by atoms with van der Waals surface area (Å²) in [5.74, 6) is 1.87. The molecule has 1 aliphatic carbocycles. The summed E-state index contributed by atoms with van der Waals surface area (Å²) >= 11 is 0. The van der Waals surface area contributed by atoms with Crippen LogP contribution in [0.25, 0.3) is 117 Å². The highest BCUT2D eigenvalue weighted by molar-refractivity contribution is 6.30. The lowest BCUT2D eigenvalue weighted by molar-refractivity contribution is 1.07. The average molecular weight is 725 g/mol. The van der Waals surface area contributed by atoms with Crippen molar-refractivity contribution in [3.05, 3.63) is 194 Å². The molecule has 2 aromatic heterocycles. The lowest BCUT2D eigenvalue weighted by Gasteiger charge is -2.18. The second-order valence-electron chi connectivity index (χ2n) is 14.7. The van der Waals surface area contributed by atoms with E-state index in [4.69, 9.17) is 15.0 Å². The van der Waals surface area contributed by atoms with Crippen molar-refractivity contribution in [3.8, 4) is 73.2 Å². The highest BCUT2D eigenvalue weighted by Gasteiger charge is 2.26. The molecule has 0 bridgehead atoms. The van der Waals surface area contributed by atoms with Crippen molar-refractivity contribution in [1.82, 2.24) is 19.5 Å². The zero-order valence-corrected chi connectivity index (χ0v) is 30.8. The van der Waals surface area contributed by atoms with Crippen LogP contribution in [0.15, 0.2) is 194 Å². The van der Waals surface area contributed by atoms with Gasteiger partial charge in [-0.05, 0) is 79.2 Å². The average Bonchev–Trinajstić information content (AvgIpc) is 3.57. The first-order chi connectivity index (χ1) is 28.3. The van der Waals surface area contributed by atoms with Gasteiger partial charge in [-0.1, -0.05) is 170 Å². The molecule has 0 unspecified atom stereocenters. The second-order valence-corrected chi connectivity index (χ2v) is 14.7. The van der Waals surface area contributed by atoms with E-state index in [1.807, 2.05) is 24.3 Å². The molecule has 4 nitrogen and oxygen atoms in total. The maximum absolute atomic E-state index is 5.41. The third-order valence-electron chi connectivity index (χ3n) is 11.6. The molecule has 0 amide bonds. The summed E-state index contributed by atoms with van der Waals surface area (Å²) < 4.78 is 2.45. The molecule has 0 N–H and O–H groups in total. The van der Waals surface area contributed by atoms with Crippen LogP contribution < -0.4 is 0 Å². The number of rotatable bonds is 5. The molecule has 12 rings (SSSR count). The Bertz CT molecular complexity index is 3400. The number of hydrogen-bond acceptors (Lipinski definition) is 3. The Morgan fingerprint density at radius 3 is 1.53 bits per heavy atom. The van der Waals surface area contributed by atoms with E-state index in [1.165, 1.54) is 43.8 Å². The van der Waals surface area contributed by atoms with E-state index in [-0.39, 0.29) is 0 Å². The lowest BCUT2D eigenvalue weighted by atomic mass is 9.93. The molecular weight excluding hydrogens is 693 g/mol. The fourth-order valence-corrected chi connectivity index (χ4v) is 9.06. The first kappa shape index (κ1) is 31.6. The molecule has 4 heteroatoms.